The number of hydrogen-bond donors (Lipinski definition) is 1. The van der Waals surface area contributed by atoms with Crippen molar-refractivity contribution in [3.05, 3.63) is 57.3 Å². The number of nitrogens with zero attached hydrogens (tertiary/aromatic N) is 2. The lowest BCUT2D eigenvalue weighted by Gasteiger charge is -2.36. The smallest absolute Gasteiger partial charge is 0.340 e. The van der Waals surface area contributed by atoms with Crippen molar-refractivity contribution in [3.8, 4) is 0 Å². The van der Waals surface area contributed by atoms with E-state index in [1.54, 1.807) is 17.0 Å². The summed E-state index contributed by atoms with van der Waals surface area (Å²) in [4.78, 5) is 39.4. The minimum absolute atomic E-state index is 0.0143. The van der Waals surface area contributed by atoms with Crippen LogP contribution in [0.4, 0.5) is 15.8 Å². The normalized spacial score (nSPS) is 13.8. The van der Waals surface area contributed by atoms with Crippen LogP contribution in [0.3, 0.4) is 0 Å². The van der Waals surface area contributed by atoms with Gasteiger partial charge in [0.25, 0.3) is 5.91 Å². The number of anilines is 2. The Morgan fingerprint density at radius 1 is 1.10 bits per heavy atom. The summed E-state index contributed by atoms with van der Waals surface area (Å²) >= 11 is 11.8. The molecule has 1 heterocycles. The molecule has 1 fully saturated rings. The Bertz CT molecular complexity index is 1040. The monoisotopic (exact) mass is 467 g/mol. The second-order valence-corrected chi connectivity index (χ2v) is 7.86. The quantitative estimate of drug-likeness (QED) is 0.411. The first kappa shape index (κ1) is 22.8. The van der Waals surface area contributed by atoms with Gasteiger partial charge in [-0.25, -0.2) is 9.18 Å². The van der Waals surface area contributed by atoms with E-state index in [0.29, 0.717) is 37.4 Å². The van der Waals surface area contributed by atoms with Gasteiger partial charge in [-0.3, -0.25) is 9.59 Å². The number of nitrogens with two attached hydrogens (primary N) is 1. The summed E-state index contributed by atoms with van der Waals surface area (Å²) in [7, 11) is 0. The maximum absolute atomic E-state index is 14.3. The molecule has 2 N–H and O–H groups in total. The summed E-state index contributed by atoms with van der Waals surface area (Å²) in [6.07, 6.45) is 0. The van der Waals surface area contributed by atoms with Crippen LogP contribution in [0, 0.1) is 5.82 Å². The summed E-state index contributed by atoms with van der Waals surface area (Å²) in [6, 6.07) is 7.07. The van der Waals surface area contributed by atoms with Gasteiger partial charge in [-0.1, -0.05) is 23.2 Å². The molecule has 1 aliphatic heterocycles. The summed E-state index contributed by atoms with van der Waals surface area (Å²) in [6.45, 7) is 2.36. The molecule has 0 radical (unpaired) electrons. The highest BCUT2D eigenvalue weighted by molar-refractivity contribution is 6.37. The second-order valence-electron chi connectivity index (χ2n) is 7.02. The van der Waals surface area contributed by atoms with E-state index in [9.17, 15) is 18.8 Å². The fourth-order valence-electron chi connectivity index (χ4n) is 3.23. The molecule has 2 aromatic carbocycles. The third kappa shape index (κ3) is 5.26. The number of halogens is 3. The number of piperazine rings is 1. The Labute approximate surface area is 188 Å². The molecule has 0 spiro atoms. The predicted molar refractivity (Wildman–Crippen MR) is 116 cm³/mol. The molecule has 0 aliphatic carbocycles. The standard InChI is InChI=1S/C21H20Cl2FN3O4/c1-12(28)13-2-3-18(17(24)8-13)26-4-6-27(7-5-26)19(29)11-31-21(30)15-9-14(22)10-16(23)20(15)25/h2-3,8-10H,4-7,11,25H2,1H3. The Balaban J connectivity index is 1.55. The lowest BCUT2D eigenvalue weighted by Crippen LogP contribution is -2.50. The van der Waals surface area contributed by atoms with Crippen LogP contribution in [0.2, 0.25) is 10.0 Å². The predicted octanol–water partition coefficient (Wildman–Crippen LogP) is 3.42. The molecule has 31 heavy (non-hydrogen) atoms. The Hall–Kier alpha value is -2.84. The molecule has 0 bridgehead atoms. The van der Waals surface area contributed by atoms with E-state index < -0.39 is 18.4 Å². The van der Waals surface area contributed by atoms with Crippen LogP contribution in [-0.2, 0) is 9.53 Å². The van der Waals surface area contributed by atoms with Crippen molar-refractivity contribution in [2.45, 2.75) is 6.92 Å². The molecule has 3 rings (SSSR count). The van der Waals surface area contributed by atoms with E-state index in [2.05, 4.69) is 0 Å². The number of esters is 1. The summed E-state index contributed by atoms with van der Waals surface area (Å²) in [5.74, 6) is -1.88. The highest BCUT2D eigenvalue weighted by Crippen LogP contribution is 2.28. The van der Waals surface area contributed by atoms with E-state index >= 15 is 0 Å². The van der Waals surface area contributed by atoms with Gasteiger partial charge in [0.1, 0.15) is 5.82 Å². The van der Waals surface area contributed by atoms with E-state index in [0.717, 1.165) is 0 Å². The number of benzene rings is 2. The SMILES string of the molecule is CC(=O)c1ccc(N2CCN(C(=O)COC(=O)c3cc(Cl)cc(Cl)c3N)CC2)c(F)c1. The van der Waals surface area contributed by atoms with Crippen molar-refractivity contribution in [1.29, 1.82) is 0 Å². The summed E-state index contributed by atoms with van der Waals surface area (Å²) < 4.78 is 19.4. The van der Waals surface area contributed by atoms with E-state index in [1.807, 2.05) is 0 Å². The molecular weight excluding hydrogens is 448 g/mol. The minimum atomic E-state index is -0.804. The topological polar surface area (TPSA) is 92.9 Å². The van der Waals surface area contributed by atoms with Gasteiger partial charge in [0.05, 0.1) is 22.0 Å². The van der Waals surface area contributed by atoms with Gasteiger partial charge in [-0.15, -0.1) is 0 Å². The fourth-order valence-corrected chi connectivity index (χ4v) is 3.72. The van der Waals surface area contributed by atoms with Crippen LogP contribution in [0.25, 0.3) is 0 Å². The van der Waals surface area contributed by atoms with Gasteiger partial charge in [0.2, 0.25) is 0 Å². The number of ether oxygens (including phenoxy) is 1. The number of carbonyl (C=O) groups is 3. The lowest BCUT2D eigenvalue weighted by atomic mass is 10.1. The highest BCUT2D eigenvalue weighted by atomic mass is 35.5. The zero-order chi connectivity index (χ0) is 22.7. The van der Waals surface area contributed by atoms with Crippen LogP contribution in [0.15, 0.2) is 30.3 Å². The largest absolute Gasteiger partial charge is 0.452 e. The highest BCUT2D eigenvalue weighted by Gasteiger charge is 2.24. The Kier molecular flexibility index (Phi) is 7.02. The molecule has 7 nitrogen and oxygen atoms in total. The molecule has 2 aromatic rings. The molecule has 0 atom stereocenters. The zero-order valence-corrected chi connectivity index (χ0v) is 18.2. The van der Waals surface area contributed by atoms with Crippen molar-refractivity contribution in [3.63, 3.8) is 0 Å². The molecule has 10 heteroatoms. The number of rotatable bonds is 5. The van der Waals surface area contributed by atoms with Crippen molar-refractivity contribution >= 4 is 52.2 Å². The van der Waals surface area contributed by atoms with Crippen molar-refractivity contribution in [2.75, 3.05) is 43.4 Å². The summed E-state index contributed by atoms with van der Waals surface area (Å²) in [5.41, 5.74) is 6.45. The molecule has 1 aliphatic rings. The average Bonchev–Trinajstić information content (AvgIpc) is 2.74. The molecule has 1 saturated heterocycles. The van der Waals surface area contributed by atoms with Crippen LogP contribution in [-0.4, -0.2) is 55.3 Å². The zero-order valence-electron chi connectivity index (χ0n) is 16.7. The third-order valence-corrected chi connectivity index (χ3v) is 5.50. The Morgan fingerprint density at radius 3 is 2.39 bits per heavy atom. The van der Waals surface area contributed by atoms with Gasteiger partial charge in [-0.05, 0) is 37.3 Å². The molecule has 0 unspecified atom stereocenters. The molecule has 0 saturated carbocycles. The van der Waals surface area contributed by atoms with E-state index in [1.165, 1.54) is 30.0 Å². The first-order valence-electron chi connectivity index (χ1n) is 9.42. The molecular formula is C21H20Cl2FN3O4. The number of nitrogen functional groups attached to an aromatic ring is 1. The number of ketones is 1. The number of carbonyl (C=O) groups excluding carboxylic acids is 3. The minimum Gasteiger partial charge on any atom is -0.452 e. The third-order valence-electron chi connectivity index (χ3n) is 4.97. The van der Waals surface area contributed by atoms with Crippen LogP contribution >= 0.6 is 23.2 Å². The molecule has 0 aromatic heterocycles. The number of Topliss-reactive ketones (excluding diaryl/α,β-unsaturated/α-hetero) is 1. The van der Waals surface area contributed by atoms with Crippen LogP contribution in [0.1, 0.15) is 27.6 Å². The molecule has 164 valence electrons. The van der Waals surface area contributed by atoms with Crippen LogP contribution in [0.5, 0.6) is 0 Å². The second kappa shape index (κ2) is 9.53. The van der Waals surface area contributed by atoms with Gasteiger partial charge in [-0.2, -0.15) is 0 Å². The number of amides is 1. The van der Waals surface area contributed by atoms with Gasteiger partial charge >= 0.3 is 5.97 Å². The average molecular weight is 468 g/mol. The van der Waals surface area contributed by atoms with E-state index in [4.69, 9.17) is 33.7 Å². The number of hydrogen-bond acceptors (Lipinski definition) is 6. The maximum Gasteiger partial charge on any atom is 0.340 e. The fraction of sp³-hybridized carbons (Fsp3) is 0.286. The van der Waals surface area contributed by atoms with Gasteiger partial charge in [0.15, 0.2) is 12.4 Å². The summed E-state index contributed by atoms with van der Waals surface area (Å²) in [5, 5.41) is 0.336. The Morgan fingerprint density at radius 2 is 1.77 bits per heavy atom. The van der Waals surface area contributed by atoms with Crippen molar-refractivity contribution in [2.24, 2.45) is 0 Å². The van der Waals surface area contributed by atoms with Crippen molar-refractivity contribution in [1.82, 2.24) is 4.90 Å². The van der Waals surface area contributed by atoms with Crippen LogP contribution < -0.4 is 10.6 Å². The van der Waals surface area contributed by atoms with Crippen molar-refractivity contribution < 1.29 is 23.5 Å². The maximum atomic E-state index is 14.3. The van der Waals surface area contributed by atoms with Gasteiger partial charge < -0.3 is 20.3 Å². The van der Waals surface area contributed by atoms with Gasteiger partial charge in [0, 0.05) is 36.8 Å². The first-order valence-corrected chi connectivity index (χ1v) is 10.2. The molecule has 1 amide bonds. The van der Waals surface area contributed by atoms with E-state index in [-0.39, 0.29) is 33.0 Å². The first-order chi connectivity index (χ1) is 14.7. The lowest BCUT2D eigenvalue weighted by molar-refractivity contribution is -0.134.